The summed E-state index contributed by atoms with van der Waals surface area (Å²) in [4.78, 5) is 0.121. The fraction of sp³-hybridized carbons (Fsp3) is 0.500. The number of benzene rings is 1. The molecule has 0 atom stereocenters. The number of aliphatic hydroxyl groups is 1. The van der Waals surface area contributed by atoms with Crippen LogP contribution in [0.1, 0.15) is 25.7 Å². The molecule has 1 fully saturated rings. The highest BCUT2D eigenvalue weighted by Crippen LogP contribution is 2.22. The first-order valence-corrected chi connectivity index (χ1v) is 7.52. The maximum absolute atomic E-state index is 12.1. The van der Waals surface area contributed by atoms with Crippen LogP contribution in [0.4, 0.5) is 5.69 Å². The fourth-order valence-electron chi connectivity index (χ4n) is 2.20. The van der Waals surface area contributed by atoms with Gasteiger partial charge in [0, 0.05) is 6.04 Å². The largest absolute Gasteiger partial charge is 0.398 e. The molecule has 0 aromatic heterocycles. The molecular weight excluding hydrogens is 252 g/mol. The third kappa shape index (κ3) is 3.01. The standard InChI is InChI=1S/C12H18N2O3S/c13-11-3-1-2-4-12(11)18(16,17)14-9-5-7-10(15)8-6-9/h1-4,9-10,14-15H,5-8,13H2. The summed E-state index contributed by atoms with van der Waals surface area (Å²) in [5, 5.41) is 9.39. The van der Waals surface area contributed by atoms with E-state index in [0.717, 1.165) is 0 Å². The molecule has 0 unspecified atom stereocenters. The van der Waals surface area contributed by atoms with E-state index in [1.807, 2.05) is 0 Å². The first-order chi connectivity index (χ1) is 8.49. The second kappa shape index (κ2) is 5.26. The van der Waals surface area contributed by atoms with Gasteiger partial charge in [0.25, 0.3) is 0 Å². The predicted octanol–water partition coefficient (Wildman–Crippen LogP) is 0.851. The van der Waals surface area contributed by atoms with E-state index in [1.165, 1.54) is 6.07 Å². The van der Waals surface area contributed by atoms with Gasteiger partial charge in [-0.15, -0.1) is 0 Å². The number of nitrogens with one attached hydrogen (secondary N) is 1. The number of hydrogen-bond acceptors (Lipinski definition) is 4. The normalized spacial score (nSPS) is 24.9. The van der Waals surface area contributed by atoms with Crippen molar-refractivity contribution >= 4 is 15.7 Å². The number of aliphatic hydroxyl groups excluding tert-OH is 1. The molecule has 1 aromatic rings. The molecule has 6 heteroatoms. The van der Waals surface area contributed by atoms with Crippen LogP contribution in [0.5, 0.6) is 0 Å². The lowest BCUT2D eigenvalue weighted by atomic mass is 9.94. The molecule has 100 valence electrons. The highest BCUT2D eigenvalue weighted by atomic mass is 32.2. The molecule has 0 amide bonds. The Balaban J connectivity index is 2.11. The number of para-hydroxylation sites is 1. The van der Waals surface area contributed by atoms with Crippen molar-refractivity contribution in [3.63, 3.8) is 0 Å². The lowest BCUT2D eigenvalue weighted by Crippen LogP contribution is -2.38. The van der Waals surface area contributed by atoms with Crippen LogP contribution in [0.2, 0.25) is 0 Å². The third-order valence-corrected chi connectivity index (χ3v) is 4.82. The van der Waals surface area contributed by atoms with Crippen molar-refractivity contribution in [1.82, 2.24) is 4.72 Å². The number of sulfonamides is 1. The summed E-state index contributed by atoms with van der Waals surface area (Å²) < 4.78 is 27.0. The summed E-state index contributed by atoms with van der Waals surface area (Å²) in [6, 6.07) is 6.30. The van der Waals surface area contributed by atoms with E-state index in [-0.39, 0.29) is 22.7 Å². The number of rotatable bonds is 3. The summed E-state index contributed by atoms with van der Waals surface area (Å²) in [5.41, 5.74) is 5.93. The quantitative estimate of drug-likeness (QED) is 0.710. The summed E-state index contributed by atoms with van der Waals surface area (Å²) >= 11 is 0. The average Bonchev–Trinajstić information content (AvgIpc) is 2.32. The Kier molecular flexibility index (Phi) is 3.89. The minimum atomic E-state index is -3.56. The number of nitrogens with two attached hydrogens (primary N) is 1. The van der Waals surface area contributed by atoms with Crippen LogP contribution < -0.4 is 10.5 Å². The Labute approximate surface area is 107 Å². The Bertz CT molecular complexity index is 508. The number of anilines is 1. The Morgan fingerprint density at radius 3 is 2.39 bits per heavy atom. The van der Waals surface area contributed by atoms with E-state index >= 15 is 0 Å². The molecule has 0 radical (unpaired) electrons. The van der Waals surface area contributed by atoms with E-state index in [4.69, 9.17) is 5.73 Å². The first-order valence-electron chi connectivity index (χ1n) is 6.04. The summed E-state index contributed by atoms with van der Waals surface area (Å²) in [6.45, 7) is 0. The molecule has 0 aliphatic heterocycles. The molecule has 1 aromatic carbocycles. The van der Waals surface area contributed by atoms with Crippen molar-refractivity contribution in [3.05, 3.63) is 24.3 Å². The van der Waals surface area contributed by atoms with Crippen LogP contribution in [0.3, 0.4) is 0 Å². The van der Waals surface area contributed by atoms with Crippen LogP contribution in [-0.4, -0.2) is 25.7 Å². The predicted molar refractivity (Wildman–Crippen MR) is 69.4 cm³/mol. The molecule has 18 heavy (non-hydrogen) atoms. The molecular formula is C12H18N2O3S. The highest BCUT2D eigenvalue weighted by molar-refractivity contribution is 7.89. The number of nitrogen functional groups attached to an aromatic ring is 1. The summed E-state index contributed by atoms with van der Waals surface area (Å²) in [6.07, 6.45) is 2.29. The zero-order chi connectivity index (χ0) is 13.2. The topological polar surface area (TPSA) is 92.4 Å². The van der Waals surface area contributed by atoms with Crippen molar-refractivity contribution in [2.45, 2.75) is 42.7 Å². The van der Waals surface area contributed by atoms with Crippen molar-refractivity contribution < 1.29 is 13.5 Å². The first kappa shape index (κ1) is 13.3. The van der Waals surface area contributed by atoms with Gasteiger partial charge in [0.05, 0.1) is 11.8 Å². The van der Waals surface area contributed by atoms with Crippen LogP contribution in [0.25, 0.3) is 0 Å². The van der Waals surface area contributed by atoms with E-state index < -0.39 is 10.0 Å². The molecule has 1 aliphatic carbocycles. The van der Waals surface area contributed by atoms with Gasteiger partial charge < -0.3 is 10.8 Å². The minimum absolute atomic E-state index is 0.113. The Hall–Kier alpha value is -1.11. The number of hydrogen-bond donors (Lipinski definition) is 3. The van der Waals surface area contributed by atoms with Gasteiger partial charge in [-0.1, -0.05) is 12.1 Å². The average molecular weight is 270 g/mol. The van der Waals surface area contributed by atoms with Gasteiger partial charge >= 0.3 is 0 Å². The SMILES string of the molecule is Nc1ccccc1S(=O)(=O)NC1CCC(O)CC1. The summed E-state index contributed by atoms with van der Waals surface area (Å²) in [5.74, 6) is 0. The Morgan fingerprint density at radius 1 is 1.17 bits per heavy atom. The second-order valence-corrected chi connectivity index (χ2v) is 6.35. The molecule has 1 aliphatic rings. The molecule has 4 N–H and O–H groups in total. The van der Waals surface area contributed by atoms with Crippen LogP contribution in [0.15, 0.2) is 29.2 Å². The molecule has 0 spiro atoms. The maximum atomic E-state index is 12.1. The molecule has 2 rings (SSSR count). The molecule has 1 saturated carbocycles. The van der Waals surface area contributed by atoms with E-state index in [9.17, 15) is 13.5 Å². The fourth-order valence-corrected chi connectivity index (χ4v) is 3.64. The second-order valence-electron chi connectivity index (χ2n) is 4.66. The lowest BCUT2D eigenvalue weighted by molar-refractivity contribution is 0.120. The van der Waals surface area contributed by atoms with Gasteiger partial charge in [-0.2, -0.15) is 0 Å². The van der Waals surface area contributed by atoms with Gasteiger partial charge in [-0.05, 0) is 37.8 Å². The Morgan fingerprint density at radius 2 is 1.78 bits per heavy atom. The highest BCUT2D eigenvalue weighted by Gasteiger charge is 2.25. The molecule has 5 nitrogen and oxygen atoms in total. The van der Waals surface area contributed by atoms with Gasteiger partial charge in [-0.25, -0.2) is 13.1 Å². The monoisotopic (exact) mass is 270 g/mol. The maximum Gasteiger partial charge on any atom is 0.242 e. The molecule has 0 bridgehead atoms. The van der Waals surface area contributed by atoms with Crippen molar-refractivity contribution in [3.8, 4) is 0 Å². The third-order valence-electron chi connectivity index (χ3n) is 3.23. The zero-order valence-corrected chi connectivity index (χ0v) is 10.9. The van der Waals surface area contributed by atoms with Crippen molar-refractivity contribution in [1.29, 1.82) is 0 Å². The van der Waals surface area contributed by atoms with E-state index in [1.54, 1.807) is 18.2 Å². The van der Waals surface area contributed by atoms with Crippen LogP contribution in [0, 0.1) is 0 Å². The smallest absolute Gasteiger partial charge is 0.242 e. The lowest BCUT2D eigenvalue weighted by Gasteiger charge is -2.26. The molecule has 0 heterocycles. The van der Waals surface area contributed by atoms with Crippen LogP contribution in [-0.2, 0) is 10.0 Å². The zero-order valence-electron chi connectivity index (χ0n) is 10.0. The van der Waals surface area contributed by atoms with Gasteiger partial charge in [0.1, 0.15) is 4.90 Å². The van der Waals surface area contributed by atoms with Crippen molar-refractivity contribution in [2.24, 2.45) is 0 Å². The van der Waals surface area contributed by atoms with Gasteiger partial charge in [0.15, 0.2) is 0 Å². The van der Waals surface area contributed by atoms with E-state index in [0.29, 0.717) is 25.7 Å². The van der Waals surface area contributed by atoms with E-state index in [2.05, 4.69) is 4.72 Å². The minimum Gasteiger partial charge on any atom is -0.398 e. The van der Waals surface area contributed by atoms with Gasteiger partial charge in [-0.3, -0.25) is 0 Å². The van der Waals surface area contributed by atoms with Crippen LogP contribution >= 0.6 is 0 Å². The summed E-state index contributed by atoms with van der Waals surface area (Å²) in [7, 11) is -3.56. The molecule has 0 saturated heterocycles. The van der Waals surface area contributed by atoms with Crippen molar-refractivity contribution in [2.75, 3.05) is 5.73 Å². The van der Waals surface area contributed by atoms with Gasteiger partial charge in [0.2, 0.25) is 10.0 Å².